The molecule has 2 aromatic rings. The Kier molecular flexibility index (Phi) is 8.56. The highest BCUT2D eigenvalue weighted by Crippen LogP contribution is 2.44. The van der Waals surface area contributed by atoms with Crippen molar-refractivity contribution < 1.29 is 14.7 Å². The Labute approximate surface area is 184 Å². The molecule has 1 saturated carbocycles. The van der Waals surface area contributed by atoms with Crippen LogP contribution in [0.1, 0.15) is 61.3 Å². The smallest absolute Gasteiger partial charge is 0.248 e. The summed E-state index contributed by atoms with van der Waals surface area (Å²) < 4.78 is 0. The summed E-state index contributed by atoms with van der Waals surface area (Å²) in [5.74, 6) is 1.63. The summed E-state index contributed by atoms with van der Waals surface area (Å²) in [5, 5.41) is 9.03. The first-order chi connectivity index (χ1) is 14.7. The van der Waals surface area contributed by atoms with Crippen LogP contribution in [0.15, 0.2) is 36.4 Å². The van der Waals surface area contributed by atoms with Gasteiger partial charge in [0.2, 0.25) is 5.91 Å². The second kappa shape index (κ2) is 10.9. The van der Waals surface area contributed by atoms with Gasteiger partial charge in [0.15, 0.2) is 0 Å². The van der Waals surface area contributed by atoms with E-state index in [-0.39, 0.29) is 5.91 Å². The summed E-state index contributed by atoms with van der Waals surface area (Å²) in [6.07, 6.45) is 4.01. The largest absolute Gasteiger partial charge is 0.387 e. The zero-order chi connectivity index (χ0) is 23.1. The highest BCUT2D eigenvalue weighted by Gasteiger charge is 2.40. The van der Waals surface area contributed by atoms with Crippen LogP contribution in [0, 0.1) is 11.8 Å². The maximum Gasteiger partial charge on any atom is 0.248 e. The maximum absolute atomic E-state index is 11.2. The minimum Gasteiger partial charge on any atom is -0.387 e. The lowest BCUT2D eigenvalue weighted by molar-refractivity contribution is -0.106. The Bertz CT molecular complexity index is 896. The monoisotopic (exact) mass is 426 g/mol. The quantitative estimate of drug-likeness (QED) is 0.648. The van der Waals surface area contributed by atoms with Gasteiger partial charge in [-0.3, -0.25) is 4.79 Å². The predicted molar refractivity (Wildman–Crippen MR) is 124 cm³/mol. The van der Waals surface area contributed by atoms with Crippen LogP contribution in [0.2, 0.25) is 0 Å². The summed E-state index contributed by atoms with van der Waals surface area (Å²) >= 11 is 0. The highest BCUT2D eigenvalue weighted by molar-refractivity contribution is 5.93. The van der Waals surface area contributed by atoms with Crippen molar-refractivity contribution in [1.82, 2.24) is 4.98 Å². The van der Waals surface area contributed by atoms with E-state index in [1.165, 1.54) is 31.0 Å². The van der Waals surface area contributed by atoms with Crippen LogP contribution in [0.5, 0.6) is 0 Å². The van der Waals surface area contributed by atoms with E-state index in [4.69, 9.17) is 21.4 Å². The molecule has 1 aromatic carbocycles. The zero-order valence-electron chi connectivity index (χ0n) is 18.8. The Morgan fingerprint density at radius 2 is 1.94 bits per heavy atom. The number of rotatable bonds is 3. The van der Waals surface area contributed by atoms with E-state index in [9.17, 15) is 4.79 Å². The summed E-state index contributed by atoms with van der Waals surface area (Å²) in [6.45, 7) is 5.42. The Morgan fingerprint density at radius 1 is 1.29 bits per heavy atom. The molecule has 1 fully saturated rings. The predicted octanol–water partition coefficient (Wildman–Crippen LogP) is 3.11. The number of carbonyl (C=O) groups excluding carboxylic acids is 2. The van der Waals surface area contributed by atoms with E-state index in [0.29, 0.717) is 29.0 Å². The van der Waals surface area contributed by atoms with E-state index >= 15 is 0 Å². The van der Waals surface area contributed by atoms with E-state index < -0.39 is 6.10 Å². The number of nitrogen functional groups attached to an aromatic ring is 1. The molecule has 0 spiro atoms. The molecule has 7 nitrogen and oxygen atoms in total. The van der Waals surface area contributed by atoms with Crippen LogP contribution < -0.4 is 16.4 Å². The number of fused-ring (bicyclic) bond motifs is 1. The highest BCUT2D eigenvalue weighted by atomic mass is 16.3. The normalized spacial score (nSPS) is 20.2. The number of nitrogens with two attached hydrogens (primary N) is 2. The molecule has 1 amide bonds. The molecule has 2 heterocycles. The van der Waals surface area contributed by atoms with Gasteiger partial charge in [0, 0.05) is 24.3 Å². The van der Waals surface area contributed by atoms with Crippen molar-refractivity contribution in [3.05, 3.63) is 53.2 Å². The number of amides is 1. The standard InChI is InChI=1S/C15H20N2O.C7H10N2O.C2H4O/c1-9-7-12-8-11(15(16)18)5-6-13(12)17(2)14(9)10-3-4-10;1-5(10)6-3-2-4-7(8)9-6;1-2-3/h5-6,8-10,14H,3-4,7H2,1-2H3,(H2,16,18);2-5,10H,1H3,(H2,8,9);2H,1H3/t9?,14-;;/m1../s1. The second-order valence-corrected chi connectivity index (χ2v) is 8.23. The summed E-state index contributed by atoms with van der Waals surface area (Å²) in [6, 6.07) is 11.7. The molecule has 0 radical (unpaired) electrons. The molecule has 0 saturated heterocycles. The number of aliphatic hydroxyl groups excluding tert-OH is 1. The van der Waals surface area contributed by atoms with Crippen molar-refractivity contribution in [2.24, 2.45) is 17.6 Å². The zero-order valence-corrected chi connectivity index (χ0v) is 18.8. The van der Waals surface area contributed by atoms with Gasteiger partial charge in [-0.1, -0.05) is 13.0 Å². The molecule has 31 heavy (non-hydrogen) atoms. The van der Waals surface area contributed by atoms with Crippen molar-refractivity contribution >= 4 is 23.7 Å². The first kappa shape index (κ1) is 24.3. The molecular formula is C24H34N4O3. The molecular weight excluding hydrogens is 392 g/mol. The topological polar surface area (TPSA) is 123 Å². The number of aromatic nitrogens is 1. The number of primary amides is 1. The van der Waals surface area contributed by atoms with Crippen molar-refractivity contribution in [1.29, 1.82) is 0 Å². The minimum atomic E-state index is -0.538. The van der Waals surface area contributed by atoms with Gasteiger partial charge in [0.1, 0.15) is 12.1 Å². The molecule has 5 N–H and O–H groups in total. The van der Waals surface area contributed by atoms with Crippen LogP contribution in [-0.4, -0.2) is 35.4 Å². The van der Waals surface area contributed by atoms with Crippen LogP contribution in [0.4, 0.5) is 11.5 Å². The average molecular weight is 427 g/mol. The van der Waals surface area contributed by atoms with Crippen LogP contribution in [-0.2, 0) is 11.2 Å². The van der Waals surface area contributed by atoms with Gasteiger partial charge in [-0.25, -0.2) is 4.98 Å². The van der Waals surface area contributed by atoms with Crippen molar-refractivity contribution in [3.63, 3.8) is 0 Å². The van der Waals surface area contributed by atoms with Crippen molar-refractivity contribution in [3.8, 4) is 0 Å². The molecule has 2 aliphatic rings. The SMILES string of the molecule is CC(O)c1cccc(N)n1.CC1Cc2cc(C(N)=O)ccc2N(C)[C@H]1C1CC1.CC=O. The van der Waals surface area contributed by atoms with E-state index in [0.717, 1.165) is 18.6 Å². The summed E-state index contributed by atoms with van der Waals surface area (Å²) in [4.78, 5) is 26.4. The van der Waals surface area contributed by atoms with Gasteiger partial charge in [0.25, 0.3) is 0 Å². The lowest BCUT2D eigenvalue weighted by Gasteiger charge is -2.41. The lowest BCUT2D eigenvalue weighted by Crippen LogP contribution is -2.43. The Hall–Kier alpha value is -2.93. The van der Waals surface area contributed by atoms with Gasteiger partial charge in [-0.05, 0) is 80.8 Å². The third-order valence-electron chi connectivity index (χ3n) is 5.64. The van der Waals surface area contributed by atoms with E-state index in [1.807, 2.05) is 12.1 Å². The number of nitrogens with zero attached hydrogens (tertiary/aromatic N) is 2. The van der Waals surface area contributed by atoms with Gasteiger partial charge in [0.05, 0.1) is 11.8 Å². The third kappa shape index (κ3) is 6.52. The minimum absolute atomic E-state index is 0.336. The van der Waals surface area contributed by atoms with Crippen molar-refractivity contribution in [2.75, 3.05) is 17.7 Å². The molecule has 1 aliphatic carbocycles. The molecule has 1 aromatic heterocycles. The molecule has 0 bridgehead atoms. The van der Waals surface area contributed by atoms with Crippen LogP contribution in [0.25, 0.3) is 0 Å². The van der Waals surface area contributed by atoms with Crippen molar-refractivity contribution in [2.45, 2.75) is 52.2 Å². The molecule has 168 valence electrons. The summed E-state index contributed by atoms with van der Waals surface area (Å²) in [5.41, 5.74) is 14.5. The van der Waals surface area contributed by atoms with E-state index in [2.05, 4.69) is 29.9 Å². The van der Waals surface area contributed by atoms with Gasteiger partial charge < -0.3 is 26.3 Å². The number of anilines is 2. The fraction of sp³-hybridized carbons (Fsp3) is 0.458. The fourth-order valence-electron chi connectivity index (χ4n) is 4.18. The first-order valence-corrected chi connectivity index (χ1v) is 10.6. The van der Waals surface area contributed by atoms with E-state index in [1.54, 1.807) is 25.1 Å². The van der Waals surface area contributed by atoms with Crippen LogP contribution in [0.3, 0.4) is 0 Å². The molecule has 1 aliphatic heterocycles. The molecule has 7 heteroatoms. The fourth-order valence-corrected chi connectivity index (χ4v) is 4.18. The third-order valence-corrected chi connectivity index (χ3v) is 5.64. The molecule has 2 unspecified atom stereocenters. The number of hydrogen-bond donors (Lipinski definition) is 3. The Morgan fingerprint density at radius 3 is 2.42 bits per heavy atom. The maximum atomic E-state index is 11.2. The van der Waals surface area contributed by atoms with Gasteiger partial charge in [-0.2, -0.15) is 0 Å². The number of aliphatic hydroxyl groups is 1. The first-order valence-electron chi connectivity index (χ1n) is 10.6. The summed E-state index contributed by atoms with van der Waals surface area (Å²) in [7, 11) is 2.18. The number of carbonyl (C=O) groups is 2. The Balaban J connectivity index is 0.000000223. The number of hydrogen-bond acceptors (Lipinski definition) is 6. The molecule has 3 atom stereocenters. The van der Waals surface area contributed by atoms with Gasteiger partial charge >= 0.3 is 0 Å². The van der Waals surface area contributed by atoms with Crippen LogP contribution >= 0.6 is 0 Å². The average Bonchev–Trinajstić information content (AvgIpc) is 3.53. The number of aldehydes is 1. The number of benzene rings is 1. The molecule has 4 rings (SSSR count). The second-order valence-electron chi connectivity index (χ2n) is 8.23. The lowest BCUT2D eigenvalue weighted by atomic mass is 9.84. The van der Waals surface area contributed by atoms with Gasteiger partial charge in [-0.15, -0.1) is 0 Å². The number of pyridine rings is 1.